The molecule has 0 radical (unpaired) electrons. The average molecular weight is 589 g/mol. The van der Waals surface area contributed by atoms with Crippen molar-refractivity contribution in [3.05, 3.63) is 70.8 Å². The Labute approximate surface area is 244 Å². The Kier molecular flexibility index (Phi) is 13.7. The molecule has 0 saturated carbocycles. The van der Waals surface area contributed by atoms with Gasteiger partial charge >= 0.3 is 0 Å². The summed E-state index contributed by atoms with van der Waals surface area (Å²) in [6, 6.07) is 13.1. The molecule has 0 aliphatic carbocycles. The molecule has 0 bridgehead atoms. The van der Waals surface area contributed by atoms with Crippen LogP contribution >= 0.6 is 0 Å². The van der Waals surface area contributed by atoms with Crippen molar-refractivity contribution in [2.75, 3.05) is 79.3 Å². The lowest BCUT2D eigenvalue weighted by Crippen LogP contribution is -2.31. The number of hydrogen-bond acceptors (Lipinski definition) is 11. The molecular weight excluding hydrogens is 552 g/mol. The normalized spacial score (nSPS) is 14.0. The highest BCUT2D eigenvalue weighted by Crippen LogP contribution is 2.23. The maximum atomic E-state index is 12.2. The van der Waals surface area contributed by atoms with Crippen LogP contribution < -0.4 is 0 Å². The highest BCUT2D eigenvalue weighted by molar-refractivity contribution is 6.21. The first-order valence-electron chi connectivity index (χ1n) is 13.2. The standard InChI is InChI=1S/C28H32N2O11.CH4/c31-25-21-5-1-2-6-22(21)26(32)29(25)40-19-17-38-15-13-36-11-9-35-10-12-37-14-16-39-18-20-41-30-27(33)23-7-3-4-8-24(23)28(30)34;/h1-8H,9-20H2;1H4. The third-order valence-corrected chi connectivity index (χ3v) is 5.90. The van der Waals surface area contributed by atoms with Crippen LogP contribution in [0.4, 0.5) is 0 Å². The van der Waals surface area contributed by atoms with Gasteiger partial charge in [-0.05, 0) is 24.3 Å². The summed E-state index contributed by atoms with van der Waals surface area (Å²) in [4.78, 5) is 59.2. The fourth-order valence-corrected chi connectivity index (χ4v) is 3.93. The predicted octanol–water partition coefficient (Wildman–Crippen LogP) is 2.16. The molecule has 0 aromatic heterocycles. The highest BCUT2D eigenvalue weighted by Gasteiger charge is 2.37. The van der Waals surface area contributed by atoms with E-state index < -0.39 is 23.6 Å². The van der Waals surface area contributed by atoms with Gasteiger partial charge in [0.25, 0.3) is 23.6 Å². The molecule has 0 atom stereocenters. The Morgan fingerprint density at radius 3 is 0.833 bits per heavy atom. The minimum atomic E-state index is -0.475. The van der Waals surface area contributed by atoms with Crippen LogP contribution in [0.1, 0.15) is 48.9 Å². The van der Waals surface area contributed by atoms with Crippen LogP contribution in [0, 0.1) is 0 Å². The average Bonchev–Trinajstić information content (AvgIpc) is 3.38. The van der Waals surface area contributed by atoms with Crippen molar-refractivity contribution in [2.45, 2.75) is 7.43 Å². The van der Waals surface area contributed by atoms with E-state index in [0.29, 0.717) is 75.1 Å². The van der Waals surface area contributed by atoms with Gasteiger partial charge in [0, 0.05) is 0 Å². The molecule has 4 rings (SSSR count). The number of fused-ring (bicyclic) bond motifs is 2. The third-order valence-electron chi connectivity index (χ3n) is 5.90. The largest absolute Gasteiger partial charge is 0.377 e. The lowest BCUT2D eigenvalue weighted by atomic mass is 10.1. The van der Waals surface area contributed by atoms with Crippen LogP contribution in [0.15, 0.2) is 48.5 Å². The first-order valence-corrected chi connectivity index (χ1v) is 13.2. The number of amides is 4. The van der Waals surface area contributed by atoms with Crippen molar-refractivity contribution in [3.8, 4) is 0 Å². The quantitative estimate of drug-likeness (QED) is 0.166. The molecule has 42 heavy (non-hydrogen) atoms. The van der Waals surface area contributed by atoms with Crippen LogP contribution in [0.5, 0.6) is 0 Å². The lowest BCUT2D eigenvalue weighted by Gasteiger charge is -2.13. The van der Waals surface area contributed by atoms with Crippen molar-refractivity contribution < 1.29 is 52.5 Å². The number of nitrogens with zero attached hydrogens (tertiary/aromatic N) is 2. The van der Waals surface area contributed by atoms with E-state index in [4.69, 9.17) is 33.4 Å². The number of hydrogen-bond donors (Lipinski definition) is 0. The van der Waals surface area contributed by atoms with Gasteiger partial charge in [0.1, 0.15) is 0 Å². The fraction of sp³-hybridized carbons (Fsp3) is 0.448. The van der Waals surface area contributed by atoms with Crippen LogP contribution in [-0.2, 0) is 33.4 Å². The van der Waals surface area contributed by atoms with Crippen molar-refractivity contribution in [2.24, 2.45) is 0 Å². The minimum Gasteiger partial charge on any atom is -0.377 e. The zero-order valence-corrected chi connectivity index (χ0v) is 22.5. The first kappa shape index (κ1) is 32.9. The van der Waals surface area contributed by atoms with Gasteiger partial charge in [-0.25, -0.2) is 0 Å². The summed E-state index contributed by atoms with van der Waals surface area (Å²) in [5.74, 6) is -1.90. The molecule has 2 heterocycles. The second kappa shape index (κ2) is 17.4. The fourth-order valence-electron chi connectivity index (χ4n) is 3.93. The van der Waals surface area contributed by atoms with E-state index in [1.54, 1.807) is 48.5 Å². The van der Waals surface area contributed by atoms with Crippen LogP contribution in [-0.4, -0.2) is 113 Å². The number of carbonyl (C=O) groups excluding carboxylic acids is 4. The molecule has 228 valence electrons. The van der Waals surface area contributed by atoms with E-state index in [-0.39, 0.29) is 33.9 Å². The van der Waals surface area contributed by atoms with Gasteiger partial charge in [-0.15, -0.1) is 10.1 Å². The van der Waals surface area contributed by atoms with Crippen LogP contribution in [0.25, 0.3) is 0 Å². The van der Waals surface area contributed by atoms with Gasteiger partial charge in [0.05, 0.1) is 102 Å². The molecule has 2 aromatic rings. The Bertz CT molecular complexity index is 1040. The Balaban J connectivity index is 0.00000484. The minimum absolute atomic E-state index is 0. The monoisotopic (exact) mass is 588 g/mol. The zero-order chi connectivity index (χ0) is 28.9. The Morgan fingerprint density at radius 2 is 0.595 bits per heavy atom. The molecule has 2 aliphatic rings. The van der Waals surface area contributed by atoms with Crippen molar-refractivity contribution in [3.63, 3.8) is 0 Å². The van der Waals surface area contributed by atoms with Gasteiger partial charge < -0.3 is 23.7 Å². The second-order valence-electron chi connectivity index (χ2n) is 8.63. The smallest absolute Gasteiger partial charge is 0.285 e. The summed E-state index contributed by atoms with van der Waals surface area (Å²) in [7, 11) is 0. The predicted molar refractivity (Wildman–Crippen MR) is 147 cm³/mol. The Morgan fingerprint density at radius 1 is 0.381 bits per heavy atom. The van der Waals surface area contributed by atoms with Crippen molar-refractivity contribution in [1.29, 1.82) is 0 Å². The zero-order valence-electron chi connectivity index (χ0n) is 22.5. The second-order valence-corrected chi connectivity index (χ2v) is 8.63. The SMILES string of the molecule is C.O=C1c2ccccc2C(=O)N1OCCOCCOCCOCCOCCOCCON1C(=O)c2ccccc2C1=O. The van der Waals surface area contributed by atoms with E-state index in [1.165, 1.54) is 0 Å². The van der Waals surface area contributed by atoms with E-state index in [9.17, 15) is 19.2 Å². The molecule has 0 fully saturated rings. The lowest BCUT2D eigenvalue weighted by molar-refractivity contribution is -0.108. The molecule has 13 nitrogen and oxygen atoms in total. The molecule has 0 saturated heterocycles. The number of ether oxygens (including phenoxy) is 5. The number of rotatable bonds is 20. The molecular formula is C29H36N2O11. The van der Waals surface area contributed by atoms with Crippen molar-refractivity contribution in [1.82, 2.24) is 10.1 Å². The van der Waals surface area contributed by atoms with E-state index in [2.05, 4.69) is 0 Å². The number of imide groups is 2. The van der Waals surface area contributed by atoms with Crippen LogP contribution in [0.2, 0.25) is 0 Å². The molecule has 0 N–H and O–H groups in total. The molecule has 0 unspecified atom stereocenters. The van der Waals surface area contributed by atoms with Crippen molar-refractivity contribution >= 4 is 23.6 Å². The van der Waals surface area contributed by atoms with Gasteiger partial charge in [-0.2, -0.15) is 0 Å². The van der Waals surface area contributed by atoms with Gasteiger partial charge in [-0.1, -0.05) is 31.7 Å². The molecule has 2 aromatic carbocycles. The summed E-state index contributed by atoms with van der Waals surface area (Å²) < 4.78 is 27.0. The maximum Gasteiger partial charge on any atom is 0.285 e. The highest BCUT2D eigenvalue weighted by atomic mass is 16.7. The van der Waals surface area contributed by atoms with Gasteiger partial charge in [-0.3, -0.25) is 28.9 Å². The molecule has 2 aliphatic heterocycles. The molecule has 0 spiro atoms. The topological polar surface area (TPSA) is 139 Å². The van der Waals surface area contributed by atoms with E-state index in [1.807, 2.05) is 0 Å². The number of hydroxylamine groups is 4. The van der Waals surface area contributed by atoms with Crippen LogP contribution in [0.3, 0.4) is 0 Å². The maximum absolute atomic E-state index is 12.2. The summed E-state index contributed by atoms with van der Waals surface area (Å²) in [6.07, 6.45) is 0. The number of benzene rings is 2. The molecule has 13 heteroatoms. The van der Waals surface area contributed by atoms with E-state index in [0.717, 1.165) is 10.1 Å². The Hall–Kier alpha value is -3.56. The van der Waals surface area contributed by atoms with Gasteiger partial charge in [0.2, 0.25) is 0 Å². The summed E-state index contributed by atoms with van der Waals surface area (Å²) in [6.45, 7) is 3.50. The summed E-state index contributed by atoms with van der Waals surface area (Å²) >= 11 is 0. The van der Waals surface area contributed by atoms with E-state index >= 15 is 0 Å². The first-order chi connectivity index (χ1) is 20.1. The summed E-state index contributed by atoms with van der Waals surface area (Å²) in [5.41, 5.74) is 1.32. The van der Waals surface area contributed by atoms with Gasteiger partial charge in [0.15, 0.2) is 0 Å². The molecule has 4 amide bonds. The third kappa shape index (κ3) is 8.72. The number of carbonyl (C=O) groups is 4. The summed E-state index contributed by atoms with van der Waals surface area (Å²) in [5, 5.41) is 1.52.